The number of nitrogens with zero attached hydrogens (tertiary/aromatic N) is 2. The van der Waals surface area contributed by atoms with Gasteiger partial charge in [-0.1, -0.05) is 66.6 Å². The van der Waals surface area contributed by atoms with Gasteiger partial charge in [-0.15, -0.1) is 0 Å². The van der Waals surface area contributed by atoms with Crippen LogP contribution in [-0.4, -0.2) is 43.8 Å². The zero-order valence-electron chi connectivity index (χ0n) is 23.7. The molecule has 1 N–H and O–H groups in total. The van der Waals surface area contributed by atoms with Crippen molar-refractivity contribution in [2.24, 2.45) is 0 Å². The molecule has 12 heteroatoms. The van der Waals surface area contributed by atoms with E-state index >= 15 is 0 Å². The number of carbonyl (C=O) groups excluding carboxylic acids is 2. The number of alkyl halides is 3. The lowest BCUT2D eigenvalue weighted by atomic mass is 10.1. The Morgan fingerprint density at radius 3 is 2.14 bits per heavy atom. The second-order valence-corrected chi connectivity index (χ2v) is 12.4. The topological polar surface area (TPSA) is 86.8 Å². The van der Waals surface area contributed by atoms with Gasteiger partial charge in [0.1, 0.15) is 12.6 Å². The van der Waals surface area contributed by atoms with E-state index in [1.807, 2.05) is 19.1 Å². The molecular weight excluding hydrogens is 591 g/mol. The Morgan fingerprint density at radius 2 is 1.60 bits per heavy atom. The zero-order valence-corrected chi connectivity index (χ0v) is 25.2. The number of rotatable bonds is 11. The maximum absolute atomic E-state index is 14.0. The van der Waals surface area contributed by atoms with Gasteiger partial charge in [0.25, 0.3) is 10.0 Å². The van der Waals surface area contributed by atoms with Gasteiger partial charge in [0.05, 0.1) is 21.2 Å². The molecule has 0 aliphatic heterocycles. The molecule has 0 heterocycles. The number of carbonyl (C=O) groups is 2. The highest BCUT2D eigenvalue weighted by atomic mass is 35.5. The van der Waals surface area contributed by atoms with Crippen LogP contribution in [0.5, 0.6) is 0 Å². The molecule has 226 valence electrons. The molecule has 0 saturated heterocycles. The number of anilines is 1. The minimum absolute atomic E-state index is 0.0310. The monoisotopic (exact) mass is 623 g/mol. The summed E-state index contributed by atoms with van der Waals surface area (Å²) in [6.45, 7) is 6.25. The number of nitrogens with one attached hydrogen (secondary N) is 1. The second kappa shape index (κ2) is 13.6. The Kier molecular flexibility index (Phi) is 10.7. The molecule has 3 aromatic rings. The summed E-state index contributed by atoms with van der Waals surface area (Å²) in [5, 5.41) is 2.17. The number of hydrogen-bond donors (Lipinski definition) is 1. The van der Waals surface area contributed by atoms with Crippen LogP contribution < -0.4 is 9.62 Å². The summed E-state index contributed by atoms with van der Waals surface area (Å²) >= 11 is 5.80. The number of hydrogen-bond acceptors (Lipinski definition) is 4. The first-order valence-corrected chi connectivity index (χ1v) is 15.1. The molecule has 0 saturated carbocycles. The van der Waals surface area contributed by atoms with Crippen molar-refractivity contribution in [2.45, 2.75) is 63.8 Å². The van der Waals surface area contributed by atoms with E-state index in [1.54, 1.807) is 39.0 Å². The number of halogens is 4. The molecule has 0 spiro atoms. The van der Waals surface area contributed by atoms with Crippen molar-refractivity contribution >= 4 is 39.1 Å². The summed E-state index contributed by atoms with van der Waals surface area (Å²) in [5.74, 6) is -1.21. The van der Waals surface area contributed by atoms with Gasteiger partial charge in [0.2, 0.25) is 11.8 Å². The molecule has 0 unspecified atom stereocenters. The zero-order chi connectivity index (χ0) is 31.2. The Balaban J connectivity index is 2.13. The smallest absolute Gasteiger partial charge is 0.352 e. The van der Waals surface area contributed by atoms with E-state index in [4.69, 9.17) is 11.6 Å². The quantitative estimate of drug-likeness (QED) is 0.276. The highest BCUT2D eigenvalue weighted by molar-refractivity contribution is 7.92. The molecule has 7 nitrogen and oxygen atoms in total. The van der Waals surface area contributed by atoms with Crippen molar-refractivity contribution < 1.29 is 31.2 Å². The summed E-state index contributed by atoms with van der Waals surface area (Å²) in [7, 11) is -4.53. The molecule has 0 fully saturated rings. The van der Waals surface area contributed by atoms with Gasteiger partial charge in [-0.25, -0.2) is 8.42 Å². The average Bonchev–Trinajstić information content (AvgIpc) is 2.92. The molecule has 3 aromatic carbocycles. The van der Waals surface area contributed by atoms with Crippen molar-refractivity contribution in [3.05, 3.63) is 94.5 Å². The van der Waals surface area contributed by atoms with Crippen LogP contribution in [0.3, 0.4) is 0 Å². The fourth-order valence-electron chi connectivity index (χ4n) is 4.32. The molecular formula is C30H33ClF3N3O4S. The first kappa shape index (κ1) is 32.9. The lowest BCUT2D eigenvalue weighted by Crippen LogP contribution is -2.53. The fourth-order valence-corrected chi connectivity index (χ4v) is 5.98. The molecule has 0 radical (unpaired) electrons. The van der Waals surface area contributed by atoms with Gasteiger partial charge in [0, 0.05) is 12.6 Å². The van der Waals surface area contributed by atoms with Crippen molar-refractivity contribution in [3.8, 4) is 0 Å². The number of amides is 2. The minimum atomic E-state index is -4.88. The highest BCUT2D eigenvalue weighted by Gasteiger charge is 2.37. The highest BCUT2D eigenvalue weighted by Crippen LogP contribution is 2.38. The third-order valence-electron chi connectivity index (χ3n) is 6.44. The van der Waals surface area contributed by atoms with Gasteiger partial charge in [-0.3, -0.25) is 13.9 Å². The van der Waals surface area contributed by atoms with Crippen molar-refractivity contribution in [1.29, 1.82) is 0 Å². The van der Waals surface area contributed by atoms with Crippen molar-refractivity contribution in [1.82, 2.24) is 10.2 Å². The predicted molar refractivity (Wildman–Crippen MR) is 157 cm³/mol. The van der Waals surface area contributed by atoms with E-state index in [0.717, 1.165) is 17.7 Å². The molecule has 2 amide bonds. The standard InChI is InChI=1S/C30H33ClF3N3O4S/c1-5-27(29(39)35-20(2)3)36(18-22-13-11-21(4)12-14-22)28(38)19-37(42(40,41)24-9-7-6-8-10-24)23-15-16-26(31)25(17-23)30(32,33)34/h6-17,20,27H,5,18-19H2,1-4H3,(H,35,39)/t27-/m1/s1. The Hall–Kier alpha value is -3.57. The maximum Gasteiger partial charge on any atom is 0.417 e. The summed E-state index contributed by atoms with van der Waals surface area (Å²) < 4.78 is 69.5. The SMILES string of the molecule is CC[C@H](C(=O)NC(C)C)N(Cc1ccc(C)cc1)C(=O)CN(c1ccc(Cl)c(C(F)(F)F)c1)S(=O)(=O)c1ccccc1. The number of benzene rings is 3. The van der Waals surface area contributed by atoms with Gasteiger partial charge in [-0.2, -0.15) is 13.2 Å². The van der Waals surface area contributed by atoms with Crippen LogP contribution in [0.25, 0.3) is 0 Å². The van der Waals surface area contributed by atoms with Crippen LogP contribution in [0.2, 0.25) is 5.02 Å². The molecule has 0 aromatic heterocycles. The molecule has 0 aliphatic carbocycles. The minimum Gasteiger partial charge on any atom is -0.352 e. The Labute approximate surface area is 249 Å². The molecule has 1 atom stereocenters. The van der Waals surface area contributed by atoms with Gasteiger partial charge in [-0.05, 0) is 63.1 Å². The van der Waals surface area contributed by atoms with E-state index in [9.17, 15) is 31.2 Å². The molecule has 0 aliphatic rings. The van der Waals surface area contributed by atoms with Gasteiger partial charge in [0.15, 0.2) is 0 Å². The van der Waals surface area contributed by atoms with Crippen LogP contribution in [-0.2, 0) is 32.3 Å². The van der Waals surface area contributed by atoms with Crippen LogP contribution in [0.15, 0.2) is 77.7 Å². The number of sulfonamides is 1. The maximum atomic E-state index is 14.0. The van der Waals surface area contributed by atoms with Crippen molar-refractivity contribution in [3.63, 3.8) is 0 Å². The molecule has 42 heavy (non-hydrogen) atoms. The lowest BCUT2D eigenvalue weighted by molar-refractivity contribution is -0.140. The second-order valence-electron chi connectivity index (χ2n) is 10.1. The summed E-state index contributed by atoms with van der Waals surface area (Å²) in [6, 6.07) is 15.8. The van der Waals surface area contributed by atoms with E-state index in [0.29, 0.717) is 15.9 Å². The predicted octanol–water partition coefficient (Wildman–Crippen LogP) is 6.19. The van der Waals surface area contributed by atoms with E-state index < -0.39 is 56.9 Å². The Bertz CT molecular complexity index is 1500. The summed E-state index contributed by atoms with van der Waals surface area (Å²) in [4.78, 5) is 28.2. The van der Waals surface area contributed by atoms with E-state index in [1.165, 1.54) is 29.2 Å². The van der Waals surface area contributed by atoms with Crippen LogP contribution in [0.1, 0.15) is 43.9 Å². The largest absolute Gasteiger partial charge is 0.417 e. The van der Waals surface area contributed by atoms with Gasteiger partial charge < -0.3 is 10.2 Å². The van der Waals surface area contributed by atoms with E-state index in [-0.39, 0.29) is 23.9 Å². The first-order chi connectivity index (χ1) is 19.6. The van der Waals surface area contributed by atoms with Crippen LogP contribution >= 0.6 is 11.6 Å². The van der Waals surface area contributed by atoms with Crippen LogP contribution in [0.4, 0.5) is 18.9 Å². The van der Waals surface area contributed by atoms with Crippen LogP contribution in [0, 0.1) is 6.92 Å². The summed E-state index contributed by atoms with van der Waals surface area (Å²) in [5.41, 5.74) is 0.0122. The average molecular weight is 624 g/mol. The lowest BCUT2D eigenvalue weighted by Gasteiger charge is -2.33. The molecule has 3 rings (SSSR count). The molecule has 0 bridgehead atoms. The van der Waals surface area contributed by atoms with E-state index in [2.05, 4.69) is 5.32 Å². The number of aryl methyl sites for hydroxylation is 1. The summed E-state index contributed by atoms with van der Waals surface area (Å²) in [6.07, 6.45) is -4.67. The first-order valence-electron chi connectivity index (χ1n) is 13.2. The fraction of sp³-hybridized carbons (Fsp3) is 0.333. The third-order valence-corrected chi connectivity index (χ3v) is 8.56. The third kappa shape index (κ3) is 8.04. The van der Waals surface area contributed by atoms with Crippen molar-refractivity contribution in [2.75, 3.05) is 10.8 Å². The normalized spacial score (nSPS) is 12.6. The Morgan fingerprint density at radius 1 is 0.976 bits per heavy atom. The van der Waals surface area contributed by atoms with Gasteiger partial charge >= 0.3 is 6.18 Å².